The van der Waals surface area contributed by atoms with Crippen molar-refractivity contribution in [1.82, 2.24) is 14.9 Å². The molecule has 3 heterocycles. The molecular formula is C16H20ClN3O3. The highest BCUT2D eigenvalue weighted by Gasteiger charge is 2.23. The van der Waals surface area contributed by atoms with E-state index in [0.29, 0.717) is 22.8 Å². The van der Waals surface area contributed by atoms with Crippen molar-refractivity contribution in [2.75, 3.05) is 13.1 Å². The van der Waals surface area contributed by atoms with Crippen LogP contribution in [0.3, 0.4) is 0 Å². The fourth-order valence-electron chi connectivity index (χ4n) is 2.90. The van der Waals surface area contributed by atoms with Gasteiger partial charge in [0.25, 0.3) is 0 Å². The predicted molar refractivity (Wildman–Crippen MR) is 88.4 cm³/mol. The monoisotopic (exact) mass is 337 g/mol. The molecule has 0 unspecified atom stereocenters. The molecule has 0 saturated carbocycles. The fraction of sp³-hybridized carbons (Fsp3) is 0.500. The van der Waals surface area contributed by atoms with Crippen LogP contribution in [0.5, 0.6) is 5.75 Å². The van der Waals surface area contributed by atoms with Crippen LogP contribution in [-0.2, 0) is 0 Å². The number of hydrogen-bond donors (Lipinski definition) is 2. The zero-order chi connectivity index (χ0) is 16.6. The van der Waals surface area contributed by atoms with Crippen molar-refractivity contribution >= 4 is 28.6 Å². The second-order valence-electron chi connectivity index (χ2n) is 6.15. The molecule has 1 saturated heterocycles. The van der Waals surface area contributed by atoms with Crippen LogP contribution < -0.4 is 4.74 Å². The van der Waals surface area contributed by atoms with Gasteiger partial charge in [-0.3, -0.25) is 0 Å². The van der Waals surface area contributed by atoms with Gasteiger partial charge in [-0.25, -0.2) is 9.78 Å². The average molecular weight is 338 g/mol. The molecule has 7 heteroatoms. The summed E-state index contributed by atoms with van der Waals surface area (Å²) in [6.45, 7) is 6.40. The van der Waals surface area contributed by atoms with Gasteiger partial charge in [-0.15, -0.1) is 0 Å². The number of piperidine rings is 1. The maximum atomic E-state index is 11.0. The van der Waals surface area contributed by atoms with Crippen LogP contribution in [-0.4, -0.2) is 51.2 Å². The Hall–Kier alpha value is -1.79. The summed E-state index contributed by atoms with van der Waals surface area (Å²) >= 11 is 6.18. The summed E-state index contributed by atoms with van der Waals surface area (Å²) in [7, 11) is 0. The Balaban J connectivity index is 1.75. The third-order valence-electron chi connectivity index (χ3n) is 4.26. The first-order valence-electron chi connectivity index (χ1n) is 7.77. The van der Waals surface area contributed by atoms with Crippen LogP contribution in [0.1, 0.15) is 37.2 Å². The van der Waals surface area contributed by atoms with Gasteiger partial charge in [-0.05, 0) is 38.8 Å². The quantitative estimate of drug-likeness (QED) is 0.838. The number of rotatable bonds is 4. The first-order valence-corrected chi connectivity index (χ1v) is 8.15. The summed E-state index contributed by atoms with van der Waals surface area (Å²) in [5.41, 5.74) is 0.542. The maximum Gasteiger partial charge on any atom is 0.352 e. The number of aromatic nitrogens is 2. The third-order valence-corrected chi connectivity index (χ3v) is 4.53. The van der Waals surface area contributed by atoms with E-state index < -0.39 is 5.97 Å². The summed E-state index contributed by atoms with van der Waals surface area (Å²) in [6, 6.07) is 3.84. The SMILES string of the molecule is CC(C)N1CCC(Oc2cc3cc(C(=O)O)[nH]c3nc2Cl)CC1. The topological polar surface area (TPSA) is 78.5 Å². The van der Waals surface area contributed by atoms with Crippen molar-refractivity contribution < 1.29 is 14.6 Å². The van der Waals surface area contributed by atoms with Crippen LogP contribution >= 0.6 is 11.6 Å². The molecule has 1 aliphatic heterocycles. The number of aromatic amines is 1. The van der Waals surface area contributed by atoms with Crippen LogP contribution in [0.4, 0.5) is 0 Å². The van der Waals surface area contributed by atoms with Crippen LogP contribution in [0.2, 0.25) is 5.15 Å². The van der Waals surface area contributed by atoms with E-state index in [9.17, 15) is 4.79 Å². The van der Waals surface area contributed by atoms with Gasteiger partial charge in [0.15, 0.2) is 10.9 Å². The van der Waals surface area contributed by atoms with Crippen LogP contribution in [0, 0.1) is 0 Å². The van der Waals surface area contributed by atoms with E-state index in [0.717, 1.165) is 25.9 Å². The molecule has 0 radical (unpaired) electrons. The highest BCUT2D eigenvalue weighted by atomic mass is 35.5. The minimum Gasteiger partial charge on any atom is -0.487 e. The summed E-state index contributed by atoms with van der Waals surface area (Å²) in [6.07, 6.45) is 2.00. The van der Waals surface area contributed by atoms with E-state index in [1.165, 1.54) is 6.07 Å². The number of carboxylic acids is 1. The zero-order valence-corrected chi connectivity index (χ0v) is 13.9. The van der Waals surface area contributed by atoms with E-state index in [4.69, 9.17) is 21.4 Å². The van der Waals surface area contributed by atoms with Crippen molar-refractivity contribution in [1.29, 1.82) is 0 Å². The number of carbonyl (C=O) groups is 1. The first-order chi connectivity index (χ1) is 10.9. The number of fused-ring (bicyclic) bond motifs is 1. The fourth-order valence-corrected chi connectivity index (χ4v) is 3.09. The Bertz CT molecular complexity index is 721. The average Bonchev–Trinajstić information content (AvgIpc) is 2.91. The summed E-state index contributed by atoms with van der Waals surface area (Å²) < 4.78 is 6.01. The van der Waals surface area contributed by atoms with Gasteiger partial charge < -0.3 is 19.7 Å². The smallest absolute Gasteiger partial charge is 0.352 e. The van der Waals surface area contributed by atoms with E-state index in [2.05, 4.69) is 28.7 Å². The molecule has 0 atom stereocenters. The first kappa shape index (κ1) is 16.1. The number of halogens is 1. The normalized spacial score (nSPS) is 17.0. The lowest BCUT2D eigenvalue weighted by Gasteiger charge is -2.34. The highest BCUT2D eigenvalue weighted by Crippen LogP contribution is 2.30. The molecule has 0 spiro atoms. The van der Waals surface area contributed by atoms with Gasteiger partial charge in [0.1, 0.15) is 17.4 Å². The number of likely N-dealkylation sites (tertiary alicyclic amines) is 1. The van der Waals surface area contributed by atoms with Gasteiger partial charge >= 0.3 is 5.97 Å². The number of nitrogens with one attached hydrogen (secondary N) is 1. The van der Waals surface area contributed by atoms with Gasteiger partial charge in [-0.2, -0.15) is 0 Å². The standard InChI is InChI=1S/C16H20ClN3O3/c1-9(2)20-5-3-11(4-6-20)23-13-8-10-7-12(16(21)22)18-15(10)19-14(13)17/h7-9,11H,3-6H2,1-2H3,(H,18,19)(H,21,22). The summed E-state index contributed by atoms with van der Waals surface area (Å²) in [5.74, 6) is -0.513. The lowest BCUT2D eigenvalue weighted by atomic mass is 10.1. The number of pyridine rings is 1. The van der Waals surface area contributed by atoms with Crippen molar-refractivity contribution in [3.8, 4) is 5.75 Å². The van der Waals surface area contributed by atoms with E-state index >= 15 is 0 Å². The van der Waals surface area contributed by atoms with Crippen LogP contribution in [0.15, 0.2) is 12.1 Å². The second kappa shape index (κ2) is 6.37. The van der Waals surface area contributed by atoms with Gasteiger partial charge in [-0.1, -0.05) is 11.6 Å². The molecular weight excluding hydrogens is 318 g/mol. The Morgan fingerprint density at radius 1 is 1.43 bits per heavy atom. The largest absolute Gasteiger partial charge is 0.487 e. The Labute approximate surface area is 139 Å². The molecule has 0 aromatic carbocycles. The Morgan fingerprint density at radius 2 is 2.13 bits per heavy atom. The van der Waals surface area contributed by atoms with Gasteiger partial charge in [0, 0.05) is 24.5 Å². The molecule has 1 fully saturated rings. The lowest BCUT2D eigenvalue weighted by Crippen LogP contribution is -2.41. The number of aromatic carboxylic acids is 1. The number of hydrogen-bond acceptors (Lipinski definition) is 4. The van der Waals surface area contributed by atoms with Crippen molar-refractivity contribution in [3.05, 3.63) is 23.0 Å². The second-order valence-corrected chi connectivity index (χ2v) is 6.51. The molecule has 2 N–H and O–H groups in total. The third kappa shape index (κ3) is 3.43. The highest BCUT2D eigenvalue weighted by molar-refractivity contribution is 6.31. The van der Waals surface area contributed by atoms with Gasteiger partial charge in [0.2, 0.25) is 0 Å². The number of carboxylic acid groups (broad SMARTS) is 1. The van der Waals surface area contributed by atoms with Crippen molar-refractivity contribution in [2.45, 2.75) is 38.8 Å². The number of ether oxygens (including phenoxy) is 1. The molecule has 0 aliphatic carbocycles. The van der Waals surface area contributed by atoms with Crippen molar-refractivity contribution in [2.24, 2.45) is 0 Å². The molecule has 23 heavy (non-hydrogen) atoms. The minimum absolute atomic E-state index is 0.0889. The predicted octanol–water partition coefficient (Wildman–Crippen LogP) is 3.17. The van der Waals surface area contributed by atoms with E-state index in [1.807, 2.05) is 0 Å². The Kier molecular flexibility index (Phi) is 4.46. The van der Waals surface area contributed by atoms with E-state index in [1.54, 1.807) is 6.07 Å². The molecule has 2 aromatic rings. The molecule has 0 amide bonds. The molecule has 124 valence electrons. The molecule has 3 rings (SSSR count). The zero-order valence-electron chi connectivity index (χ0n) is 13.2. The maximum absolute atomic E-state index is 11.0. The van der Waals surface area contributed by atoms with E-state index in [-0.39, 0.29) is 17.0 Å². The lowest BCUT2D eigenvalue weighted by molar-refractivity contribution is 0.0691. The molecule has 2 aromatic heterocycles. The number of H-pyrrole nitrogens is 1. The number of nitrogens with zero attached hydrogens (tertiary/aromatic N) is 2. The summed E-state index contributed by atoms with van der Waals surface area (Å²) in [5, 5.41) is 9.96. The van der Waals surface area contributed by atoms with Crippen LogP contribution in [0.25, 0.3) is 11.0 Å². The minimum atomic E-state index is -1.03. The van der Waals surface area contributed by atoms with Gasteiger partial charge in [0.05, 0.1) is 0 Å². The Morgan fingerprint density at radius 3 is 2.74 bits per heavy atom. The summed E-state index contributed by atoms with van der Waals surface area (Å²) in [4.78, 5) is 20.4. The molecule has 0 bridgehead atoms. The van der Waals surface area contributed by atoms with Crippen molar-refractivity contribution in [3.63, 3.8) is 0 Å². The molecule has 1 aliphatic rings. The molecule has 6 nitrogen and oxygen atoms in total.